The Balaban J connectivity index is 1.62. The molecule has 0 spiro atoms. The zero-order valence-corrected chi connectivity index (χ0v) is 11.3. The second-order valence-corrected chi connectivity index (χ2v) is 6.01. The molecule has 0 unspecified atom stereocenters. The van der Waals surface area contributed by atoms with Crippen LogP contribution in [-0.2, 0) is 13.1 Å². The van der Waals surface area contributed by atoms with Crippen LogP contribution in [-0.4, -0.2) is 4.98 Å². The fourth-order valence-electron chi connectivity index (χ4n) is 1.99. The molecule has 0 atom stereocenters. The average molecular weight is 277 g/mol. The summed E-state index contributed by atoms with van der Waals surface area (Å²) in [6.45, 7) is 1.74. The molecule has 3 aromatic rings. The molecule has 2 N–H and O–H groups in total. The number of nitrogens with one attached hydrogen (secondary N) is 2. The van der Waals surface area contributed by atoms with Crippen molar-refractivity contribution >= 4 is 33.8 Å². The van der Waals surface area contributed by atoms with E-state index in [1.807, 2.05) is 12.3 Å². The van der Waals surface area contributed by atoms with Crippen molar-refractivity contribution in [3.8, 4) is 0 Å². The molecule has 0 aliphatic carbocycles. The van der Waals surface area contributed by atoms with Gasteiger partial charge in [0.2, 0.25) is 0 Å². The Morgan fingerprint density at radius 3 is 2.89 bits per heavy atom. The van der Waals surface area contributed by atoms with E-state index in [4.69, 9.17) is 11.6 Å². The molecule has 0 aliphatic rings. The predicted octanol–water partition coefficient (Wildman–Crippen LogP) is 4.17. The van der Waals surface area contributed by atoms with Gasteiger partial charge in [0.1, 0.15) is 0 Å². The summed E-state index contributed by atoms with van der Waals surface area (Å²) < 4.78 is 0.848. The second-order valence-electron chi connectivity index (χ2n) is 4.21. The Morgan fingerprint density at radius 2 is 2.06 bits per heavy atom. The molecule has 0 amide bonds. The zero-order valence-electron chi connectivity index (χ0n) is 9.74. The summed E-state index contributed by atoms with van der Waals surface area (Å²) >= 11 is 7.52. The van der Waals surface area contributed by atoms with E-state index >= 15 is 0 Å². The summed E-state index contributed by atoms with van der Waals surface area (Å²) in [6.07, 6.45) is 1.97. The van der Waals surface area contributed by atoms with Gasteiger partial charge < -0.3 is 10.3 Å². The molecule has 0 aliphatic heterocycles. The van der Waals surface area contributed by atoms with Gasteiger partial charge in [0.05, 0.1) is 4.34 Å². The van der Waals surface area contributed by atoms with E-state index in [0.717, 1.165) is 17.4 Å². The van der Waals surface area contributed by atoms with Gasteiger partial charge in [-0.1, -0.05) is 17.7 Å². The van der Waals surface area contributed by atoms with Crippen LogP contribution in [0.25, 0.3) is 10.9 Å². The Morgan fingerprint density at radius 1 is 1.11 bits per heavy atom. The molecular formula is C14H13ClN2S. The van der Waals surface area contributed by atoms with Gasteiger partial charge in [0.25, 0.3) is 0 Å². The molecule has 2 nitrogen and oxygen atoms in total. The number of hydrogen-bond donors (Lipinski definition) is 2. The highest BCUT2D eigenvalue weighted by Gasteiger charge is 1.99. The first kappa shape index (κ1) is 11.8. The third-order valence-corrected chi connectivity index (χ3v) is 4.11. The fourth-order valence-corrected chi connectivity index (χ4v) is 3.05. The van der Waals surface area contributed by atoms with Crippen molar-refractivity contribution in [2.75, 3.05) is 0 Å². The maximum absolute atomic E-state index is 5.90. The van der Waals surface area contributed by atoms with Crippen LogP contribution in [0.3, 0.4) is 0 Å². The maximum Gasteiger partial charge on any atom is 0.0931 e. The Kier molecular flexibility index (Phi) is 3.37. The van der Waals surface area contributed by atoms with Crippen molar-refractivity contribution in [3.63, 3.8) is 0 Å². The van der Waals surface area contributed by atoms with E-state index in [1.54, 1.807) is 11.3 Å². The van der Waals surface area contributed by atoms with Crippen LogP contribution in [0.5, 0.6) is 0 Å². The highest BCUT2D eigenvalue weighted by Crippen LogP contribution is 2.21. The monoisotopic (exact) mass is 276 g/mol. The molecule has 0 saturated carbocycles. The molecule has 0 bridgehead atoms. The molecule has 0 fully saturated rings. The number of hydrogen-bond acceptors (Lipinski definition) is 2. The Labute approximate surface area is 115 Å². The van der Waals surface area contributed by atoms with E-state index in [2.05, 4.69) is 40.6 Å². The standard InChI is InChI=1S/C14H13ClN2S/c15-14-4-2-12(18-14)9-16-8-10-1-3-13-11(7-10)5-6-17-13/h1-7,16-17H,8-9H2. The summed E-state index contributed by atoms with van der Waals surface area (Å²) in [4.78, 5) is 4.46. The van der Waals surface area contributed by atoms with Gasteiger partial charge in [-0.15, -0.1) is 11.3 Å². The third kappa shape index (κ3) is 2.58. The highest BCUT2D eigenvalue weighted by atomic mass is 35.5. The summed E-state index contributed by atoms with van der Waals surface area (Å²) in [7, 11) is 0. The number of fused-ring (bicyclic) bond motifs is 1. The van der Waals surface area contributed by atoms with Crippen LogP contribution in [0.15, 0.2) is 42.6 Å². The summed E-state index contributed by atoms with van der Waals surface area (Å²) in [6, 6.07) is 12.6. The quantitative estimate of drug-likeness (QED) is 0.735. The normalized spacial score (nSPS) is 11.2. The molecule has 2 aromatic heterocycles. The maximum atomic E-state index is 5.90. The van der Waals surface area contributed by atoms with Crippen molar-refractivity contribution in [1.82, 2.24) is 10.3 Å². The molecule has 0 radical (unpaired) electrons. The highest BCUT2D eigenvalue weighted by molar-refractivity contribution is 7.16. The van der Waals surface area contributed by atoms with Crippen molar-refractivity contribution < 1.29 is 0 Å². The van der Waals surface area contributed by atoms with Crippen LogP contribution < -0.4 is 5.32 Å². The van der Waals surface area contributed by atoms with E-state index in [-0.39, 0.29) is 0 Å². The minimum absolute atomic E-state index is 0.848. The first-order chi connectivity index (χ1) is 8.81. The molecule has 18 heavy (non-hydrogen) atoms. The summed E-state index contributed by atoms with van der Waals surface area (Å²) in [5.41, 5.74) is 2.48. The zero-order chi connectivity index (χ0) is 12.4. The van der Waals surface area contributed by atoms with Gasteiger partial charge in [-0.05, 0) is 41.3 Å². The molecule has 2 heterocycles. The summed E-state index contributed by atoms with van der Waals surface area (Å²) in [5.74, 6) is 0. The number of aromatic nitrogens is 1. The largest absolute Gasteiger partial charge is 0.361 e. The van der Waals surface area contributed by atoms with Gasteiger partial charge >= 0.3 is 0 Å². The second kappa shape index (κ2) is 5.14. The van der Waals surface area contributed by atoms with E-state index in [9.17, 15) is 0 Å². The van der Waals surface area contributed by atoms with Crippen LogP contribution in [0.1, 0.15) is 10.4 Å². The lowest BCUT2D eigenvalue weighted by Crippen LogP contribution is -2.11. The van der Waals surface area contributed by atoms with Crippen molar-refractivity contribution in [2.45, 2.75) is 13.1 Å². The van der Waals surface area contributed by atoms with Crippen LogP contribution in [0, 0.1) is 0 Å². The molecule has 4 heteroatoms. The van der Waals surface area contributed by atoms with Gasteiger partial charge in [-0.3, -0.25) is 0 Å². The smallest absolute Gasteiger partial charge is 0.0931 e. The Bertz CT molecular complexity index is 656. The fraction of sp³-hybridized carbons (Fsp3) is 0.143. The van der Waals surface area contributed by atoms with Gasteiger partial charge in [0.15, 0.2) is 0 Å². The number of H-pyrrole nitrogens is 1. The molecule has 3 rings (SSSR count). The van der Waals surface area contributed by atoms with E-state index < -0.39 is 0 Å². The number of aromatic amines is 1. The number of benzene rings is 1. The van der Waals surface area contributed by atoms with Crippen LogP contribution >= 0.6 is 22.9 Å². The van der Waals surface area contributed by atoms with Crippen molar-refractivity contribution in [3.05, 3.63) is 57.4 Å². The SMILES string of the molecule is Clc1ccc(CNCc2ccc3[nH]ccc3c2)s1. The molecule has 1 aromatic carbocycles. The number of thiophene rings is 1. The lowest BCUT2D eigenvalue weighted by atomic mass is 10.1. The first-order valence-corrected chi connectivity index (χ1v) is 7.02. The van der Waals surface area contributed by atoms with Crippen molar-refractivity contribution in [1.29, 1.82) is 0 Å². The van der Waals surface area contributed by atoms with Crippen LogP contribution in [0.2, 0.25) is 4.34 Å². The summed E-state index contributed by atoms with van der Waals surface area (Å²) in [5, 5.41) is 4.69. The number of halogens is 1. The lowest BCUT2D eigenvalue weighted by Gasteiger charge is -2.03. The first-order valence-electron chi connectivity index (χ1n) is 5.82. The van der Waals surface area contributed by atoms with Crippen molar-refractivity contribution in [2.24, 2.45) is 0 Å². The van der Waals surface area contributed by atoms with E-state index in [1.165, 1.54) is 21.3 Å². The number of rotatable bonds is 4. The third-order valence-electron chi connectivity index (χ3n) is 2.87. The lowest BCUT2D eigenvalue weighted by molar-refractivity contribution is 0.701. The molecule has 0 saturated heterocycles. The van der Waals surface area contributed by atoms with Crippen LogP contribution in [0.4, 0.5) is 0 Å². The average Bonchev–Trinajstić information content (AvgIpc) is 2.97. The predicted molar refractivity (Wildman–Crippen MR) is 78.2 cm³/mol. The van der Waals surface area contributed by atoms with Gasteiger partial charge in [0, 0.05) is 29.7 Å². The molecule has 92 valence electrons. The minimum atomic E-state index is 0.848. The van der Waals surface area contributed by atoms with Gasteiger partial charge in [-0.2, -0.15) is 0 Å². The topological polar surface area (TPSA) is 27.8 Å². The minimum Gasteiger partial charge on any atom is -0.361 e. The Hall–Kier alpha value is -1.29. The van der Waals surface area contributed by atoms with Gasteiger partial charge in [-0.25, -0.2) is 0 Å². The van der Waals surface area contributed by atoms with E-state index in [0.29, 0.717) is 0 Å². The molecular weight excluding hydrogens is 264 g/mol.